The molecule has 1 saturated carbocycles. The number of aromatic amines is 1. The van der Waals surface area contributed by atoms with Crippen LogP contribution in [0.5, 0.6) is 0 Å². The third kappa shape index (κ3) is 1.83. The van der Waals surface area contributed by atoms with Crippen LogP contribution in [0.1, 0.15) is 24.8 Å². The highest BCUT2D eigenvalue weighted by Crippen LogP contribution is 2.25. The van der Waals surface area contributed by atoms with Gasteiger partial charge in [0.25, 0.3) is 0 Å². The Morgan fingerprint density at radius 3 is 3.12 bits per heavy atom. The van der Waals surface area contributed by atoms with Gasteiger partial charge < -0.3 is 5.32 Å². The molecule has 0 aliphatic heterocycles. The standard InChI is InChI=1S/C13H17N3/c1-3-10(4-1)7-14-8-11-5-2-6-12-9-15-16-13(11)12/h2,5-6,9-10,14H,1,3-4,7-8H2,(H,15,16). The third-order valence-electron chi connectivity index (χ3n) is 3.54. The molecule has 1 aliphatic carbocycles. The highest BCUT2D eigenvalue weighted by Gasteiger charge is 2.16. The lowest BCUT2D eigenvalue weighted by atomic mass is 9.85. The first-order valence-corrected chi connectivity index (χ1v) is 6.05. The van der Waals surface area contributed by atoms with Crippen molar-refractivity contribution in [1.29, 1.82) is 0 Å². The summed E-state index contributed by atoms with van der Waals surface area (Å²) in [5.41, 5.74) is 2.48. The summed E-state index contributed by atoms with van der Waals surface area (Å²) >= 11 is 0. The Hall–Kier alpha value is -1.35. The predicted molar refractivity (Wildman–Crippen MR) is 65.1 cm³/mol. The molecule has 3 rings (SSSR count). The molecule has 1 fully saturated rings. The van der Waals surface area contributed by atoms with Crippen molar-refractivity contribution in [2.45, 2.75) is 25.8 Å². The molecule has 0 spiro atoms. The summed E-state index contributed by atoms with van der Waals surface area (Å²) in [5, 5.41) is 11.9. The Morgan fingerprint density at radius 1 is 1.38 bits per heavy atom. The molecule has 1 aliphatic rings. The fourth-order valence-electron chi connectivity index (χ4n) is 2.29. The van der Waals surface area contributed by atoms with Crippen LogP contribution < -0.4 is 5.32 Å². The third-order valence-corrected chi connectivity index (χ3v) is 3.54. The lowest BCUT2D eigenvalue weighted by Gasteiger charge is -2.25. The SMILES string of the molecule is c1cc(CNCC2CCC2)c2[nH]ncc2c1. The molecule has 3 nitrogen and oxygen atoms in total. The molecular formula is C13H17N3. The lowest BCUT2D eigenvalue weighted by Crippen LogP contribution is -2.26. The summed E-state index contributed by atoms with van der Waals surface area (Å²) in [7, 11) is 0. The van der Waals surface area contributed by atoms with Gasteiger partial charge in [-0.2, -0.15) is 5.10 Å². The van der Waals surface area contributed by atoms with E-state index in [0.29, 0.717) is 0 Å². The average Bonchev–Trinajstić information content (AvgIpc) is 2.70. The van der Waals surface area contributed by atoms with Crippen LogP contribution >= 0.6 is 0 Å². The minimum Gasteiger partial charge on any atom is -0.312 e. The molecule has 84 valence electrons. The van der Waals surface area contributed by atoms with Crippen molar-refractivity contribution in [3.8, 4) is 0 Å². The minimum absolute atomic E-state index is 0.918. The first-order chi connectivity index (χ1) is 7.93. The Labute approximate surface area is 95.2 Å². The van der Waals surface area contributed by atoms with Crippen molar-refractivity contribution < 1.29 is 0 Å². The lowest BCUT2D eigenvalue weighted by molar-refractivity contribution is 0.301. The molecule has 1 aromatic heterocycles. The zero-order valence-electron chi connectivity index (χ0n) is 9.37. The van der Waals surface area contributed by atoms with Crippen LogP contribution in [0.4, 0.5) is 0 Å². The van der Waals surface area contributed by atoms with E-state index in [0.717, 1.165) is 19.0 Å². The molecule has 0 amide bonds. The predicted octanol–water partition coefficient (Wildman–Crippen LogP) is 2.45. The van der Waals surface area contributed by atoms with Crippen LogP contribution in [-0.4, -0.2) is 16.7 Å². The number of aromatic nitrogens is 2. The maximum absolute atomic E-state index is 4.08. The van der Waals surface area contributed by atoms with Crippen molar-refractivity contribution in [3.05, 3.63) is 30.0 Å². The van der Waals surface area contributed by atoms with Gasteiger partial charge >= 0.3 is 0 Å². The van der Waals surface area contributed by atoms with Crippen molar-refractivity contribution >= 4 is 10.9 Å². The number of fused-ring (bicyclic) bond motifs is 1. The van der Waals surface area contributed by atoms with Crippen LogP contribution in [0.2, 0.25) is 0 Å². The van der Waals surface area contributed by atoms with Crippen LogP contribution in [0.3, 0.4) is 0 Å². The normalized spacial score (nSPS) is 16.5. The second-order valence-electron chi connectivity index (χ2n) is 4.68. The zero-order chi connectivity index (χ0) is 10.8. The fraction of sp³-hybridized carbons (Fsp3) is 0.462. The topological polar surface area (TPSA) is 40.7 Å². The minimum atomic E-state index is 0.918. The van der Waals surface area contributed by atoms with Crippen molar-refractivity contribution in [3.63, 3.8) is 0 Å². The smallest absolute Gasteiger partial charge is 0.0695 e. The molecule has 0 radical (unpaired) electrons. The van der Waals surface area contributed by atoms with E-state index in [1.165, 1.54) is 35.7 Å². The molecular weight excluding hydrogens is 198 g/mol. The van der Waals surface area contributed by atoms with E-state index in [1.54, 1.807) is 0 Å². The number of hydrogen-bond donors (Lipinski definition) is 2. The summed E-state index contributed by atoms with van der Waals surface area (Å²) in [6.45, 7) is 2.10. The number of nitrogens with zero attached hydrogens (tertiary/aromatic N) is 1. The van der Waals surface area contributed by atoms with E-state index in [2.05, 4.69) is 33.7 Å². The molecule has 16 heavy (non-hydrogen) atoms. The summed E-state index contributed by atoms with van der Waals surface area (Å²) < 4.78 is 0. The van der Waals surface area contributed by atoms with Gasteiger partial charge in [-0.25, -0.2) is 0 Å². The fourth-order valence-corrected chi connectivity index (χ4v) is 2.29. The van der Waals surface area contributed by atoms with E-state index in [-0.39, 0.29) is 0 Å². The molecule has 2 N–H and O–H groups in total. The molecule has 0 bridgehead atoms. The highest BCUT2D eigenvalue weighted by molar-refractivity contribution is 5.81. The average molecular weight is 215 g/mol. The number of para-hydroxylation sites is 1. The van der Waals surface area contributed by atoms with Crippen LogP contribution in [0.25, 0.3) is 10.9 Å². The Kier molecular flexibility index (Phi) is 2.62. The van der Waals surface area contributed by atoms with Crippen molar-refractivity contribution in [1.82, 2.24) is 15.5 Å². The number of nitrogens with one attached hydrogen (secondary N) is 2. The number of H-pyrrole nitrogens is 1. The van der Waals surface area contributed by atoms with Crippen LogP contribution in [-0.2, 0) is 6.54 Å². The van der Waals surface area contributed by atoms with Crippen LogP contribution in [0, 0.1) is 5.92 Å². The first kappa shape index (κ1) is 9.85. The zero-order valence-corrected chi connectivity index (χ0v) is 9.37. The molecule has 1 heterocycles. The van der Waals surface area contributed by atoms with E-state index in [4.69, 9.17) is 0 Å². The summed E-state index contributed by atoms with van der Waals surface area (Å²) in [6, 6.07) is 6.35. The largest absolute Gasteiger partial charge is 0.312 e. The van der Waals surface area contributed by atoms with Gasteiger partial charge in [0.2, 0.25) is 0 Å². The molecule has 1 aromatic carbocycles. The summed E-state index contributed by atoms with van der Waals surface area (Å²) in [5.74, 6) is 0.918. The molecule has 0 atom stereocenters. The quantitative estimate of drug-likeness (QED) is 0.822. The number of rotatable bonds is 4. The maximum Gasteiger partial charge on any atom is 0.0695 e. The van der Waals surface area contributed by atoms with Crippen LogP contribution in [0.15, 0.2) is 24.4 Å². The summed E-state index contributed by atoms with van der Waals surface area (Å²) in [6.07, 6.45) is 6.11. The molecule has 3 heteroatoms. The van der Waals surface area contributed by atoms with Crippen molar-refractivity contribution in [2.24, 2.45) is 5.92 Å². The molecule has 2 aromatic rings. The second-order valence-corrected chi connectivity index (χ2v) is 4.68. The molecule has 0 saturated heterocycles. The van der Waals surface area contributed by atoms with Gasteiger partial charge in [-0.3, -0.25) is 5.10 Å². The van der Waals surface area contributed by atoms with Gasteiger partial charge in [0, 0.05) is 11.9 Å². The highest BCUT2D eigenvalue weighted by atomic mass is 15.1. The van der Waals surface area contributed by atoms with Gasteiger partial charge in [0.1, 0.15) is 0 Å². The van der Waals surface area contributed by atoms with E-state index < -0.39 is 0 Å². The Balaban J connectivity index is 1.66. The first-order valence-electron chi connectivity index (χ1n) is 6.05. The van der Waals surface area contributed by atoms with Gasteiger partial charge in [-0.15, -0.1) is 0 Å². The van der Waals surface area contributed by atoms with E-state index in [9.17, 15) is 0 Å². The number of benzene rings is 1. The van der Waals surface area contributed by atoms with Crippen molar-refractivity contribution in [2.75, 3.05) is 6.54 Å². The maximum atomic E-state index is 4.08. The molecule has 0 unspecified atom stereocenters. The Morgan fingerprint density at radius 2 is 2.31 bits per heavy atom. The van der Waals surface area contributed by atoms with Gasteiger partial charge in [0.05, 0.1) is 11.7 Å². The van der Waals surface area contributed by atoms with Gasteiger partial charge in [-0.05, 0) is 30.9 Å². The van der Waals surface area contributed by atoms with Gasteiger partial charge in [0.15, 0.2) is 0 Å². The number of hydrogen-bond acceptors (Lipinski definition) is 2. The summed E-state index contributed by atoms with van der Waals surface area (Å²) in [4.78, 5) is 0. The van der Waals surface area contributed by atoms with E-state index >= 15 is 0 Å². The monoisotopic (exact) mass is 215 g/mol. The van der Waals surface area contributed by atoms with E-state index in [1.807, 2.05) is 6.20 Å². The Bertz CT molecular complexity index is 471. The second kappa shape index (κ2) is 4.26. The van der Waals surface area contributed by atoms with Gasteiger partial charge in [-0.1, -0.05) is 24.6 Å².